The van der Waals surface area contributed by atoms with Crippen LogP contribution in [0.4, 0.5) is 5.69 Å². The Balaban J connectivity index is 2.28. The molecular formula is C13H14ClNO2. The standard InChI is InChI=1S/C13H14ClNO2/c1-2-7-15(9-3-4-9)10-5-6-11(13(16)17)12(14)8-10/h2,5-6,8-9H,1,3-4,7H2,(H,16,17). The van der Waals surface area contributed by atoms with Crippen molar-refractivity contribution in [1.29, 1.82) is 0 Å². The zero-order valence-electron chi connectivity index (χ0n) is 9.40. The largest absolute Gasteiger partial charge is 0.478 e. The fraction of sp³-hybridized carbons (Fsp3) is 0.308. The molecule has 0 saturated heterocycles. The SMILES string of the molecule is C=CCN(c1ccc(C(=O)O)c(Cl)c1)C1CC1. The van der Waals surface area contributed by atoms with Crippen LogP contribution in [0.5, 0.6) is 0 Å². The van der Waals surface area contributed by atoms with Gasteiger partial charge in [-0.1, -0.05) is 17.7 Å². The first-order valence-corrected chi connectivity index (χ1v) is 5.91. The van der Waals surface area contributed by atoms with Crippen LogP contribution in [-0.4, -0.2) is 23.7 Å². The molecule has 0 amide bonds. The molecule has 0 aromatic heterocycles. The summed E-state index contributed by atoms with van der Waals surface area (Å²) >= 11 is 5.96. The monoisotopic (exact) mass is 251 g/mol. The summed E-state index contributed by atoms with van der Waals surface area (Å²) in [5.74, 6) is -0.997. The van der Waals surface area contributed by atoms with Crippen LogP contribution in [0.25, 0.3) is 0 Å². The van der Waals surface area contributed by atoms with E-state index in [4.69, 9.17) is 16.7 Å². The van der Waals surface area contributed by atoms with E-state index in [1.54, 1.807) is 18.2 Å². The molecule has 0 aliphatic heterocycles. The Hall–Kier alpha value is -1.48. The van der Waals surface area contributed by atoms with Crippen LogP contribution in [0.3, 0.4) is 0 Å². The van der Waals surface area contributed by atoms with E-state index in [9.17, 15) is 4.79 Å². The maximum atomic E-state index is 10.9. The average Bonchev–Trinajstić information content (AvgIpc) is 3.09. The van der Waals surface area contributed by atoms with Crippen molar-refractivity contribution in [2.45, 2.75) is 18.9 Å². The quantitative estimate of drug-likeness (QED) is 0.817. The number of anilines is 1. The molecule has 0 unspecified atom stereocenters. The maximum absolute atomic E-state index is 10.9. The molecule has 1 aliphatic rings. The van der Waals surface area contributed by atoms with Gasteiger partial charge in [-0.2, -0.15) is 0 Å². The molecule has 1 fully saturated rings. The highest BCUT2D eigenvalue weighted by Crippen LogP contribution is 2.33. The molecule has 17 heavy (non-hydrogen) atoms. The molecule has 0 spiro atoms. The molecule has 1 aliphatic carbocycles. The minimum Gasteiger partial charge on any atom is -0.478 e. The molecule has 3 nitrogen and oxygen atoms in total. The summed E-state index contributed by atoms with van der Waals surface area (Å²) in [6.07, 6.45) is 4.19. The molecule has 0 bridgehead atoms. The van der Waals surface area contributed by atoms with Crippen LogP contribution in [-0.2, 0) is 0 Å². The number of aromatic carboxylic acids is 1. The van der Waals surface area contributed by atoms with Crippen molar-refractivity contribution < 1.29 is 9.90 Å². The van der Waals surface area contributed by atoms with E-state index in [0.717, 1.165) is 12.2 Å². The van der Waals surface area contributed by atoms with Crippen molar-refractivity contribution in [2.24, 2.45) is 0 Å². The van der Waals surface area contributed by atoms with Crippen LogP contribution in [0.1, 0.15) is 23.2 Å². The fourth-order valence-electron chi connectivity index (χ4n) is 1.85. The lowest BCUT2D eigenvalue weighted by molar-refractivity contribution is 0.0697. The van der Waals surface area contributed by atoms with Crippen molar-refractivity contribution >= 4 is 23.3 Å². The van der Waals surface area contributed by atoms with E-state index in [1.165, 1.54) is 12.8 Å². The van der Waals surface area contributed by atoms with Gasteiger partial charge in [0.15, 0.2) is 0 Å². The molecule has 4 heteroatoms. The normalized spacial score (nSPS) is 14.4. The molecule has 1 saturated carbocycles. The van der Waals surface area contributed by atoms with Crippen molar-refractivity contribution in [2.75, 3.05) is 11.4 Å². The Morgan fingerprint density at radius 2 is 2.29 bits per heavy atom. The third-order valence-electron chi connectivity index (χ3n) is 2.83. The van der Waals surface area contributed by atoms with Gasteiger partial charge in [0.2, 0.25) is 0 Å². The smallest absolute Gasteiger partial charge is 0.337 e. The number of hydrogen-bond acceptors (Lipinski definition) is 2. The Morgan fingerprint density at radius 3 is 2.76 bits per heavy atom. The summed E-state index contributed by atoms with van der Waals surface area (Å²) in [6, 6.07) is 5.61. The predicted octanol–water partition coefficient (Wildman–Crippen LogP) is 3.19. The number of carboxylic acids is 1. The Kier molecular flexibility index (Phi) is 3.38. The van der Waals surface area contributed by atoms with Gasteiger partial charge in [-0.15, -0.1) is 6.58 Å². The van der Waals surface area contributed by atoms with Crippen LogP contribution < -0.4 is 4.90 Å². The van der Waals surface area contributed by atoms with E-state index in [0.29, 0.717) is 6.04 Å². The summed E-state index contributed by atoms with van der Waals surface area (Å²) in [5.41, 5.74) is 1.10. The molecule has 90 valence electrons. The highest BCUT2D eigenvalue weighted by atomic mass is 35.5. The summed E-state index contributed by atoms with van der Waals surface area (Å²) in [6.45, 7) is 4.49. The van der Waals surface area contributed by atoms with E-state index in [1.807, 2.05) is 6.08 Å². The van der Waals surface area contributed by atoms with Gasteiger partial charge in [-0.05, 0) is 31.0 Å². The highest BCUT2D eigenvalue weighted by Gasteiger charge is 2.28. The first-order chi connectivity index (χ1) is 8.13. The van der Waals surface area contributed by atoms with Crippen molar-refractivity contribution in [3.05, 3.63) is 41.4 Å². The third kappa shape index (κ3) is 2.61. The topological polar surface area (TPSA) is 40.5 Å². The Labute approximate surface area is 105 Å². The first kappa shape index (κ1) is 12.0. The predicted molar refractivity (Wildman–Crippen MR) is 69.0 cm³/mol. The molecule has 1 N–H and O–H groups in total. The molecule has 0 atom stereocenters. The zero-order chi connectivity index (χ0) is 12.4. The maximum Gasteiger partial charge on any atom is 0.337 e. The van der Waals surface area contributed by atoms with Crippen molar-refractivity contribution in [1.82, 2.24) is 0 Å². The summed E-state index contributed by atoms with van der Waals surface area (Å²) < 4.78 is 0. The number of hydrogen-bond donors (Lipinski definition) is 1. The van der Waals surface area contributed by atoms with Crippen LogP contribution in [0.15, 0.2) is 30.9 Å². The molecule has 2 rings (SSSR count). The molecule has 1 aromatic rings. The molecule has 1 aromatic carbocycles. The van der Waals surface area contributed by atoms with Crippen LogP contribution >= 0.6 is 11.6 Å². The second kappa shape index (κ2) is 4.80. The van der Waals surface area contributed by atoms with Gasteiger partial charge in [-0.25, -0.2) is 4.79 Å². The lowest BCUT2D eigenvalue weighted by Gasteiger charge is -2.23. The van der Waals surface area contributed by atoms with E-state index < -0.39 is 5.97 Å². The summed E-state index contributed by atoms with van der Waals surface area (Å²) in [4.78, 5) is 13.1. The van der Waals surface area contributed by atoms with Gasteiger partial charge < -0.3 is 10.0 Å². The fourth-order valence-corrected chi connectivity index (χ4v) is 2.10. The minimum absolute atomic E-state index is 0.143. The third-order valence-corrected chi connectivity index (χ3v) is 3.14. The van der Waals surface area contributed by atoms with Gasteiger partial charge in [0.1, 0.15) is 0 Å². The van der Waals surface area contributed by atoms with Crippen molar-refractivity contribution in [3.63, 3.8) is 0 Å². The Morgan fingerprint density at radius 1 is 1.59 bits per heavy atom. The van der Waals surface area contributed by atoms with E-state index in [2.05, 4.69) is 11.5 Å². The van der Waals surface area contributed by atoms with E-state index in [-0.39, 0.29) is 10.6 Å². The average molecular weight is 252 g/mol. The van der Waals surface area contributed by atoms with Gasteiger partial charge in [0, 0.05) is 18.3 Å². The number of benzene rings is 1. The summed E-state index contributed by atoms with van der Waals surface area (Å²) in [7, 11) is 0. The lowest BCUT2D eigenvalue weighted by atomic mass is 10.2. The summed E-state index contributed by atoms with van der Waals surface area (Å²) in [5, 5.41) is 9.19. The number of halogens is 1. The van der Waals surface area contributed by atoms with E-state index >= 15 is 0 Å². The number of nitrogens with zero attached hydrogens (tertiary/aromatic N) is 1. The van der Waals surface area contributed by atoms with Gasteiger partial charge >= 0.3 is 5.97 Å². The number of rotatable bonds is 5. The highest BCUT2D eigenvalue weighted by molar-refractivity contribution is 6.33. The first-order valence-electron chi connectivity index (χ1n) is 5.54. The van der Waals surface area contributed by atoms with Gasteiger partial charge in [0.05, 0.1) is 10.6 Å². The minimum atomic E-state index is -0.997. The molecule has 0 heterocycles. The molecular weight excluding hydrogens is 238 g/mol. The number of carbonyl (C=O) groups is 1. The van der Waals surface area contributed by atoms with Gasteiger partial charge in [0.25, 0.3) is 0 Å². The van der Waals surface area contributed by atoms with Crippen molar-refractivity contribution in [3.8, 4) is 0 Å². The Bertz CT molecular complexity index is 455. The lowest BCUT2D eigenvalue weighted by Crippen LogP contribution is -2.25. The number of carboxylic acid groups (broad SMARTS) is 1. The second-order valence-electron chi connectivity index (χ2n) is 4.14. The van der Waals surface area contributed by atoms with Gasteiger partial charge in [-0.3, -0.25) is 0 Å². The van der Waals surface area contributed by atoms with Crippen LogP contribution in [0.2, 0.25) is 5.02 Å². The molecule has 0 radical (unpaired) electrons. The zero-order valence-corrected chi connectivity index (χ0v) is 10.2. The van der Waals surface area contributed by atoms with Crippen LogP contribution in [0, 0.1) is 0 Å². The second-order valence-corrected chi connectivity index (χ2v) is 4.55.